The number of carbonyl (C=O) groups is 1. The Bertz CT molecular complexity index is 1570. The molecule has 1 amide bonds. The first-order chi connectivity index (χ1) is 16.6. The molecule has 0 saturated carbocycles. The van der Waals surface area contributed by atoms with Gasteiger partial charge in [-0.1, -0.05) is 11.3 Å². The molecule has 0 atom stereocenters. The second-order valence-corrected chi connectivity index (χ2v) is 10.6. The number of carbonyl (C=O) groups excluding carboxylic acids is 1. The van der Waals surface area contributed by atoms with Crippen LogP contribution in [0.1, 0.15) is 10.4 Å². The van der Waals surface area contributed by atoms with E-state index in [1.54, 1.807) is 54.1 Å². The second-order valence-electron chi connectivity index (χ2n) is 7.60. The largest absolute Gasteiger partial charge is 0.493 e. The lowest BCUT2D eigenvalue weighted by Crippen LogP contribution is -2.26. The van der Waals surface area contributed by atoms with Crippen LogP contribution < -0.4 is 24.0 Å². The first-order valence-electron chi connectivity index (χ1n) is 10.4. The summed E-state index contributed by atoms with van der Waals surface area (Å²) in [5, 5.41) is 2.81. The Morgan fingerprint density at radius 2 is 1.66 bits per heavy atom. The van der Waals surface area contributed by atoms with Crippen LogP contribution in [0, 0.1) is 0 Å². The predicted octanol–water partition coefficient (Wildman–Crippen LogP) is 3.69. The number of methoxy groups -OCH3 is 2. The fourth-order valence-corrected chi connectivity index (χ4v) is 5.64. The maximum atomic E-state index is 13.1. The zero-order valence-corrected chi connectivity index (χ0v) is 21.1. The third kappa shape index (κ3) is 4.60. The number of thiazole rings is 1. The Kier molecular flexibility index (Phi) is 6.55. The van der Waals surface area contributed by atoms with Crippen molar-refractivity contribution in [2.24, 2.45) is 7.05 Å². The molecule has 0 spiro atoms. The number of nitrogens with zero attached hydrogens (tertiary/aromatic N) is 2. The highest BCUT2D eigenvalue weighted by Gasteiger charge is 2.23. The number of fused-ring (bicyclic) bond motifs is 1. The number of hydrogen-bond donors (Lipinski definition) is 1. The third-order valence-electron chi connectivity index (χ3n) is 5.56. The Morgan fingerprint density at radius 1 is 0.971 bits per heavy atom. The van der Waals surface area contributed by atoms with Crippen LogP contribution in [0.25, 0.3) is 10.2 Å². The summed E-state index contributed by atoms with van der Waals surface area (Å²) in [6.07, 6.45) is 0. The van der Waals surface area contributed by atoms with Crippen molar-refractivity contribution >= 4 is 48.9 Å². The number of nitrogens with one attached hydrogen (secondary N) is 1. The minimum absolute atomic E-state index is 0.0399. The van der Waals surface area contributed by atoms with E-state index in [2.05, 4.69) is 5.32 Å². The van der Waals surface area contributed by atoms with Crippen LogP contribution in [-0.2, 0) is 17.1 Å². The first-order valence-corrected chi connectivity index (χ1v) is 12.6. The summed E-state index contributed by atoms with van der Waals surface area (Å²) in [5.74, 6) is 0.365. The molecule has 0 aliphatic heterocycles. The Labute approximate surface area is 206 Å². The summed E-state index contributed by atoms with van der Waals surface area (Å²) < 4.78 is 40.1. The smallest absolute Gasteiger partial charge is 0.307 e. The summed E-state index contributed by atoms with van der Waals surface area (Å²) in [4.78, 5) is 24.5. The molecule has 0 aliphatic carbocycles. The van der Waals surface area contributed by atoms with Gasteiger partial charge >= 0.3 is 4.87 Å². The number of anilines is 2. The third-order valence-corrected chi connectivity index (χ3v) is 8.33. The molecule has 3 aromatic carbocycles. The molecule has 9 nitrogen and oxygen atoms in total. The van der Waals surface area contributed by atoms with Gasteiger partial charge in [-0.05, 0) is 54.6 Å². The summed E-state index contributed by atoms with van der Waals surface area (Å²) in [6, 6.07) is 15.8. The number of ether oxygens (including phenoxy) is 2. The van der Waals surface area contributed by atoms with Crippen LogP contribution in [0.15, 0.2) is 70.4 Å². The second kappa shape index (κ2) is 9.43. The predicted molar refractivity (Wildman–Crippen MR) is 137 cm³/mol. The van der Waals surface area contributed by atoms with Crippen LogP contribution in [0.4, 0.5) is 11.4 Å². The van der Waals surface area contributed by atoms with Gasteiger partial charge in [-0.15, -0.1) is 0 Å². The Balaban J connectivity index is 1.53. The van der Waals surface area contributed by atoms with E-state index < -0.39 is 10.0 Å². The van der Waals surface area contributed by atoms with E-state index in [1.807, 2.05) is 0 Å². The van der Waals surface area contributed by atoms with E-state index in [0.29, 0.717) is 28.4 Å². The average Bonchev–Trinajstić information content (AvgIpc) is 3.15. The summed E-state index contributed by atoms with van der Waals surface area (Å²) >= 11 is 1.10. The number of hydrogen-bond acceptors (Lipinski definition) is 7. The van der Waals surface area contributed by atoms with Gasteiger partial charge in [0, 0.05) is 31.4 Å². The topological polar surface area (TPSA) is 107 Å². The van der Waals surface area contributed by atoms with E-state index in [0.717, 1.165) is 25.9 Å². The maximum absolute atomic E-state index is 13.1. The normalized spacial score (nSPS) is 11.3. The molecule has 0 fully saturated rings. The van der Waals surface area contributed by atoms with Crippen LogP contribution in [0.3, 0.4) is 0 Å². The Morgan fingerprint density at radius 3 is 2.31 bits per heavy atom. The van der Waals surface area contributed by atoms with Crippen LogP contribution in [0.2, 0.25) is 0 Å². The number of rotatable bonds is 7. The van der Waals surface area contributed by atoms with Crippen molar-refractivity contribution in [3.05, 3.63) is 75.9 Å². The standard InChI is InChI=1S/C24H23N3O6S2/c1-26-19-11-7-16(13-22(19)34-24(26)29)25-23(28)15-5-8-17(9-6-15)27(2)35(30,31)18-10-12-20(32-3)21(14-18)33-4/h5-14H,1-4H3,(H,25,28). The fraction of sp³-hybridized carbons (Fsp3) is 0.167. The average molecular weight is 514 g/mol. The monoisotopic (exact) mass is 513 g/mol. The van der Waals surface area contributed by atoms with E-state index in [1.165, 1.54) is 39.5 Å². The van der Waals surface area contributed by atoms with E-state index in [-0.39, 0.29) is 15.7 Å². The van der Waals surface area contributed by atoms with E-state index in [9.17, 15) is 18.0 Å². The fourth-order valence-electron chi connectivity index (χ4n) is 3.51. The molecular formula is C24H23N3O6S2. The van der Waals surface area contributed by atoms with Crippen molar-refractivity contribution in [2.45, 2.75) is 4.90 Å². The molecule has 1 aromatic heterocycles. The van der Waals surface area contributed by atoms with Crippen LogP contribution >= 0.6 is 11.3 Å². The van der Waals surface area contributed by atoms with Crippen molar-refractivity contribution in [1.29, 1.82) is 0 Å². The zero-order chi connectivity index (χ0) is 25.3. The SMILES string of the molecule is COc1ccc(S(=O)(=O)N(C)c2ccc(C(=O)Nc3ccc4c(c3)sc(=O)n4C)cc2)cc1OC. The molecule has 35 heavy (non-hydrogen) atoms. The van der Waals surface area contributed by atoms with Gasteiger partial charge in [-0.2, -0.15) is 0 Å². The molecule has 0 bridgehead atoms. The van der Waals surface area contributed by atoms with Crippen molar-refractivity contribution in [1.82, 2.24) is 4.57 Å². The molecule has 0 radical (unpaired) electrons. The number of sulfonamides is 1. The quantitative estimate of drug-likeness (QED) is 0.404. The minimum atomic E-state index is -3.88. The van der Waals surface area contributed by atoms with Crippen LogP contribution in [0.5, 0.6) is 11.5 Å². The highest BCUT2D eigenvalue weighted by atomic mass is 32.2. The lowest BCUT2D eigenvalue weighted by atomic mass is 10.2. The van der Waals surface area contributed by atoms with Crippen LogP contribution in [-0.4, -0.2) is 40.2 Å². The molecule has 0 aliphatic rings. The van der Waals surface area contributed by atoms with Gasteiger partial charge in [0.25, 0.3) is 15.9 Å². The van der Waals surface area contributed by atoms with Crippen molar-refractivity contribution in [2.75, 3.05) is 30.9 Å². The minimum Gasteiger partial charge on any atom is -0.493 e. The molecule has 182 valence electrons. The lowest BCUT2D eigenvalue weighted by Gasteiger charge is -2.20. The molecular weight excluding hydrogens is 490 g/mol. The van der Waals surface area contributed by atoms with Gasteiger partial charge in [0.05, 0.1) is 35.0 Å². The summed E-state index contributed by atoms with van der Waals surface area (Å²) in [7, 11) is 2.15. The zero-order valence-electron chi connectivity index (χ0n) is 19.4. The van der Waals surface area contributed by atoms with Gasteiger partial charge < -0.3 is 19.4 Å². The first kappa shape index (κ1) is 24.3. The highest BCUT2D eigenvalue weighted by molar-refractivity contribution is 7.92. The van der Waals surface area contributed by atoms with E-state index in [4.69, 9.17) is 9.47 Å². The summed E-state index contributed by atoms with van der Waals surface area (Å²) in [6.45, 7) is 0. The highest BCUT2D eigenvalue weighted by Crippen LogP contribution is 2.31. The van der Waals surface area contributed by atoms with Gasteiger partial charge in [0.2, 0.25) is 0 Å². The van der Waals surface area contributed by atoms with Gasteiger partial charge in [-0.3, -0.25) is 13.9 Å². The van der Waals surface area contributed by atoms with Crippen molar-refractivity contribution in [3.8, 4) is 11.5 Å². The molecule has 0 unspecified atom stereocenters. The summed E-state index contributed by atoms with van der Waals surface area (Å²) in [5.41, 5.74) is 2.08. The molecule has 11 heteroatoms. The van der Waals surface area contributed by atoms with Gasteiger partial charge in [0.15, 0.2) is 11.5 Å². The maximum Gasteiger partial charge on any atom is 0.307 e. The molecule has 1 heterocycles. The van der Waals surface area contributed by atoms with Gasteiger partial charge in [0.1, 0.15) is 0 Å². The molecule has 4 aromatic rings. The van der Waals surface area contributed by atoms with E-state index >= 15 is 0 Å². The number of aryl methyl sites for hydroxylation is 1. The number of amides is 1. The van der Waals surface area contributed by atoms with Gasteiger partial charge in [-0.25, -0.2) is 8.42 Å². The lowest BCUT2D eigenvalue weighted by molar-refractivity contribution is 0.102. The number of aromatic nitrogens is 1. The molecule has 4 rings (SSSR count). The van der Waals surface area contributed by atoms with Crippen molar-refractivity contribution < 1.29 is 22.7 Å². The van der Waals surface area contributed by atoms with Crippen molar-refractivity contribution in [3.63, 3.8) is 0 Å². The molecule has 1 N–H and O–H groups in total. The number of benzene rings is 3. The molecule has 0 saturated heterocycles. The Hall–Kier alpha value is -3.83.